The number of carbonyl (C=O) groups excluding carboxylic acids is 1. The molecule has 1 spiro atoms. The number of hydrogen-bond acceptors (Lipinski definition) is 3. The van der Waals surface area contributed by atoms with Gasteiger partial charge in [0.15, 0.2) is 0 Å². The maximum atomic E-state index is 12.8. The molecule has 1 atom stereocenters. The van der Waals surface area contributed by atoms with Crippen LogP contribution in [0.5, 0.6) is 0 Å². The Bertz CT molecular complexity index is 1020. The summed E-state index contributed by atoms with van der Waals surface area (Å²) >= 11 is 0. The van der Waals surface area contributed by atoms with Crippen LogP contribution in [0.25, 0.3) is 11.3 Å². The van der Waals surface area contributed by atoms with Gasteiger partial charge < -0.3 is 9.47 Å². The van der Waals surface area contributed by atoms with Gasteiger partial charge in [0, 0.05) is 44.7 Å². The maximum absolute atomic E-state index is 12.8. The first-order valence-electron chi connectivity index (χ1n) is 9.43. The SMILES string of the molecule is Cc1ccc(-c2cnc3n2C[C@@]2(CCN(C(=O)c4ccnn4C)C2)C3)cc1. The van der Waals surface area contributed by atoms with Gasteiger partial charge in [-0.3, -0.25) is 9.48 Å². The predicted molar refractivity (Wildman–Crippen MR) is 102 cm³/mol. The number of benzene rings is 1. The number of likely N-dealkylation sites (tertiary alicyclic amines) is 1. The van der Waals surface area contributed by atoms with E-state index in [0.717, 1.165) is 38.3 Å². The lowest BCUT2D eigenvalue weighted by Gasteiger charge is -2.23. The molecule has 1 fully saturated rings. The Kier molecular flexibility index (Phi) is 3.50. The fourth-order valence-electron chi connectivity index (χ4n) is 4.54. The molecular weight excluding hydrogens is 338 g/mol. The molecule has 0 radical (unpaired) electrons. The van der Waals surface area contributed by atoms with E-state index >= 15 is 0 Å². The lowest BCUT2D eigenvalue weighted by molar-refractivity contribution is 0.0761. The Balaban J connectivity index is 1.38. The smallest absolute Gasteiger partial charge is 0.272 e. The molecule has 2 aliphatic heterocycles. The third kappa shape index (κ3) is 2.59. The number of rotatable bonds is 2. The molecule has 6 heteroatoms. The van der Waals surface area contributed by atoms with Gasteiger partial charge in [0.1, 0.15) is 11.5 Å². The van der Waals surface area contributed by atoms with Gasteiger partial charge in [-0.05, 0) is 25.0 Å². The van der Waals surface area contributed by atoms with Gasteiger partial charge in [0.2, 0.25) is 0 Å². The average molecular weight is 361 g/mol. The van der Waals surface area contributed by atoms with Crippen molar-refractivity contribution < 1.29 is 4.79 Å². The first-order valence-corrected chi connectivity index (χ1v) is 9.43. The van der Waals surface area contributed by atoms with Gasteiger partial charge in [0.25, 0.3) is 5.91 Å². The van der Waals surface area contributed by atoms with Crippen molar-refractivity contribution in [3.8, 4) is 11.3 Å². The van der Waals surface area contributed by atoms with Crippen molar-refractivity contribution >= 4 is 5.91 Å². The quantitative estimate of drug-likeness (QED) is 0.705. The number of carbonyl (C=O) groups is 1. The van der Waals surface area contributed by atoms with Crippen LogP contribution in [0, 0.1) is 12.3 Å². The Morgan fingerprint density at radius 1 is 1.15 bits per heavy atom. The second kappa shape index (κ2) is 5.81. The van der Waals surface area contributed by atoms with E-state index in [2.05, 4.69) is 40.9 Å². The Morgan fingerprint density at radius 2 is 1.96 bits per heavy atom. The van der Waals surface area contributed by atoms with Crippen molar-refractivity contribution in [1.29, 1.82) is 0 Å². The average Bonchev–Trinajstić information content (AvgIpc) is 3.41. The highest BCUT2D eigenvalue weighted by atomic mass is 16.2. The second-order valence-electron chi connectivity index (χ2n) is 8.01. The first-order chi connectivity index (χ1) is 13.0. The molecule has 0 bridgehead atoms. The minimum Gasteiger partial charge on any atom is -0.337 e. The van der Waals surface area contributed by atoms with Gasteiger partial charge in [-0.25, -0.2) is 4.98 Å². The molecular formula is C21H23N5O. The summed E-state index contributed by atoms with van der Waals surface area (Å²) in [6, 6.07) is 10.4. The van der Waals surface area contributed by atoms with Gasteiger partial charge in [-0.2, -0.15) is 5.10 Å². The highest BCUT2D eigenvalue weighted by Gasteiger charge is 2.46. The number of nitrogens with zero attached hydrogens (tertiary/aromatic N) is 5. The molecule has 4 heterocycles. The molecule has 1 saturated heterocycles. The molecule has 1 aromatic carbocycles. The largest absolute Gasteiger partial charge is 0.337 e. The van der Waals surface area contributed by atoms with Crippen LogP contribution in [0.4, 0.5) is 0 Å². The standard InChI is InChI=1S/C21H23N5O/c1-15-3-5-16(6-4-15)18-12-22-19-11-21(14-26(18)19)8-10-25(13-21)20(27)17-7-9-23-24(17)2/h3-7,9,12H,8,10-11,13-14H2,1-2H3/t21-/m0/s1. The highest BCUT2D eigenvalue weighted by molar-refractivity contribution is 5.92. The minimum atomic E-state index is 0.0789. The topological polar surface area (TPSA) is 56.0 Å². The molecule has 0 saturated carbocycles. The summed E-state index contributed by atoms with van der Waals surface area (Å²) in [5, 5.41) is 4.13. The van der Waals surface area contributed by atoms with Crippen molar-refractivity contribution in [2.45, 2.75) is 26.3 Å². The van der Waals surface area contributed by atoms with Crippen molar-refractivity contribution in [2.75, 3.05) is 13.1 Å². The molecule has 138 valence electrons. The van der Waals surface area contributed by atoms with Gasteiger partial charge in [-0.1, -0.05) is 29.8 Å². The summed E-state index contributed by atoms with van der Waals surface area (Å²) in [5.41, 5.74) is 4.41. The Hall–Kier alpha value is -2.89. The number of amides is 1. The third-order valence-corrected chi connectivity index (χ3v) is 6.08. The van der Waals surface area contributed by atoms with E-state index in [1.807, 2.05) is 18.1 Å². The van der Waals surface area contributed by atoms with E-state index in [-0.39, 0.29) is 11.3 Å². The summed E-state index contributed by atoms with van der Waals surface area (Å²) < 4.78 is 4.01. The van der Waals surface area contributed by atoms with E-state index in [1.165, 1.54) is 16.8 Å². The maximum Gasteiger partial charge on any atom is 0.272 e. The predicted octanol–water partition coefficient (Wildman–Crippen LogP) is 2.68. The van der Waals surface area contributed by atoms with Crippen LogP contribution in [0.15, 0.2) is 42.7 Å². The van der Waals surface area contributed by atoms with E-state index in [0.29, 0.717) is 5.69 Å². The van der Waals surface area contributed by atoms with E-state index in [9.17, 15) is 4.79 Å². The van der Waals surface area contributed by atoms with Gasteiger partial charge in [0.05, 0.1) is 11.9 Å². The number of aryl methyl sites for hydroxylation is 2. The Labute approximate surface area is 158 Å². The molecule has 1 amide bonds. The summed E-state index contributed by atoms with van der Waals surface area (Å²) in [6.45, 7) is 4.62. The van der Waals surface area contributed by atoms with Crippen molar-refractivity contribution in [3.63, 3.8) is 0 Å². The molecule has 5 rings (SSSR count). The highest BCUT2D eigenvalue weighted by Crippen LogP contribution is 2.42. The fraction of sp³-hybridized carbons (Fsp3) is 0.381. The number of aromatic nitrogens is 4. The van der Waals surface area contributed by atoms with Crippen LogP contribution in [-0.4, -0.2) is 43.2 Å². The van der Waals surface area contributed by atoms with Crippen LogP contribution in [0.2, 0.25) is 0 Å². The van der Waals surface area contributed by atoms with Crippen LogP contribution >= 0.6 is 0 Å². The van der Waals surface area contributed by atoms with Crippen molar-refractivity contribution in [2.24, 2.45) is 12.5 Å². The first kappa shape index (κ1) is 16.3. The number of fused-ring (bicyclic) bond motifs is 1. The summed E-state index contributed by atoms with van der Waals surface area (Å²) in [4.78, 5) is 19.5. The molecule has 0 N–H and O–H groups in total. The van der Waals surface area contributed by atoms with Crippen LogP contribution in [0.3, 0.4) is 0 Å². The van der Waals surface area contributed by atoms with Crippen molar-refractivity contribution in [3.05, 3.63) is 59.8 Å². The molecule has 27 heavy (non-hydrogen) atoms. The molecule has 0 unspecified atom stereocenters. The summed E-state index contributed by atoms with van der Waals surface area (Å²) in [5.74, 6) is 1.22. The van der Waals surface area contributed by atoms with E-state index in [4.69, 9.17) is 4.98 Å². The second-order valence-corrected chi connectivity index (χ2v) is 8.01. The third-order valence-electron chi connectivity index (χ3n) is 6.08. The number of imidazole rings is 1. The minimum absolute atomic E-state index is 0.0789. The van der Waals surface area contributed by atoms with Crippen LogP contribution in [-0.2, 0) is 20.0 Å². The monoisotopic (exact) mass is 361 g/mol. The van der Waals surface area contributed by atoms with Gasteiger partial charge >= 0.3 is 0 Å². The zero-order valence-corrected chi connectivity index (χ0v) is 15.7. The molecule has 2 aromatic heterocycles. The Morgan fingerprint density at radius 3 is 2.70 bits per heavy atom. The van der Waals surface area contributed by atoms with E-state index < -0.39 is 0 Å². The zero-order valence-electron chi connectivity index (χ0n) is 15.7. The lowest BCUT2D eigenvalue weighted by atomic mass is 9.86. The van der Waals surface area contributed by atoms with Crippen LogP contribution < -0.4 is 0 Å². The number of hydrogen-bond donors (Lipinski definition) is 0. The molecule has 0 aliphatic carbocycles. The lowest BCUT2D eigenvalue weighted by Crippen LogP contribution is -2.34. The zero-order chi connectivity index (χ0) is 18.6. The van der Waals surface area contributed by atoms with Crippen LogP contribution in [0.1, 0.15) is 28.3 Å². The summed E-state index contributed by atoms with van der Waals surface area (Å²) in [6.07, 6.45) is 5.62. The normalized spacial score (nSPS) is 21.2. The fourth-order valence-corrected chi connectivity index (χ4v) is 4.54. The molecule has 3 aromatic rings. The summed E-state index contributed by atoms with van der Waals surface area (Å²) in [7, 11) is 1.82. The molecule has 6 nitrogen and oxygen atoms in total. The molecule has 2 aliphatic rings. The van der Waals surface area contributed by atoms with Gasteiger partial charge in [-0.15, -0.1) is 0 Å². The van der Waals surface area contributed by atoms with E-state index in [1.54, 1.807) is 16.9 Å². The van der Waals surface area contributed by atoms with Crippen molar-refractivity contribution in [1.82, 2.24) is 24.2 Å².